The van der Waals surface area contributed by atoms with Crippen molar-refractivity contribution < 1.29 is 19.4 Å². The summed E-state index contributed by atoms with van der Waals surface area (Å²) in [6.45, 7) is 4.17. The first-order valence-electron chi connectivity index (χ1n) is 6.94. The Kier molecular flexibility index (Phi) is 7.52. The molecule has 134 valence electrons. The molecule has 0 atom stereocenters. The van der Waals surface area contributed by atoms with Crippen LogP contribution in [-0.2, 0) is 14.3 Å². The minimum atomic E-state index is -0.806. The standard InChI is InChI=1S/C5H5NO3.C5H5NOS2.C5H6O2/c1-6-2-3(7)5(9)4(2)8;1-2-3-4(7)6-5(8)9-3;1-4-2-5(6)7-3-4/h6-7H,1H3;2H,1H3,(H,6,7,8);2H,3H2,1H3/b;3-2-;. The average Bonchev–Trinajstić information content (AvgIpc) is 3.12. The second kappa shape index (κ2) is 9.14. The highest BCUT2D eigenvalue weighted by molar-refractivity contribution is 8.26. The van der Waals surface area contributed by atoms with E-state index in [9.17, 15) is 19.2 Å². The van der Waals surface area contributed by atoms with Gasteiger partial charge in [-0.15, -0.1) is 0 Å². The molecular weight excluding hydrogens is 368 g/mol. The first kappa shape index (κ1) is 20.6. The normalized spacial score (nSPS) is 17.2. The van der Waals surface area contributed by atoms with Gasteiger partial charge in [-0.05, 0) is 19.4 Å². The molecule has 25 heavy (non-hydrogen) atoms. The lowest BCUT2D eigenvalue weighted by Crippen LogP contribution is -2.32. The monoisotopic (exact) mass is 384 g/mol. The number of hydrogen-bond donors (Lipinski definition) is 3. The molecule has 2 heterocycles. The number of thiocarbonyl (C=S) groups is 1. The fraction of sp³-hybridized carbons (Fsp3) is 0.267. The first-order valence-corrected chi connectivity index (χ1v) is 8.17. The highest BCUT2D eigenvalue weighted by Gasteiger charge is 2.20. The van der Waals surface area contributed by atoms with E-state index in [1.807, 2.05) is 13.8 Å². The van der Waals surface area contributed by atoms with E-state index in [0.29, 0.717) is 15.8 Å². The van der Waals surface area contributed by atoms with Gasteiger partial charge >= 0.3 is 5.97 Å². The van der Waals surface area contributed by atoms with E-state index in [0.717, 1.165) is 5.57 Å². The van der Waals surface area contributed by atoms with Gasteiger partial charge in [0.15, 0.2) is 5.75 Å². The lowest BCUT2D eigenvalue weighted by atomic mass is 10.2. The van der Waals surface area contributed by atoms with Crippen molar-refractivity contribution in [2.75, 3.05) is 19.0 Å². The summed E-state index contributed by atoms with van der Waals surface area (Å²) in [6.07, 6.45) is 3.25. The number of hydrogen-bond acceptors (Lipinski definition) is 9. The fourth-order valence-electron chi connectivity index (χ4n) is 1.60. The second-order valence-corrected chi connectivity index (χ2v) is 6.45. The first-order chi connectivity index (χ1) is 11.7. The van der Waals surface area contributed by atoms with Crippen LogP contribution in [0, 0.1) is 0 Å². The summed E-state index contributed by atoms with van der Waals surface area (Å²) < 4.78 is 5.08. The van der Waals surface area contributed by atoms with Gasteiger partial charge in [0.1, 0.15) is 16.6 Å². The Labute approximate surface area is 152 Å². The van der Waals surface area contributed by atoms with Crippen molar-refractivity contribution in [3.63, 3.8) is 0 Å². The molecule has 0 aromatic heterocycles. The van der Waals surface area contributed by atoms with Gasteiger partial charge in [-0.25, -0.2) is 4.79 Å². The van der Waals surface area contributed by atoms with E-state index in [1.165, 1.54) is 24.9 Å². The molecule has 3 rings (SSSR count). The van der Waals surface area contributed by atoms with Gasteiger partial charge in [-0.2, -0.15) is 0 Å². The molecule has 2 aliphatic heterocycles. The Hall–Kier alpha value is -2.46. The van der Waals surface area contributed by atoms with Crippen LogP contribution in [0.1, 0.15) is 13.8 Å². The molecule has 1 fully saturated rings. The van der Waals surface area contributed by atoms with Crippen LogP contribution in [0.25, 0.3) is 0 Å². The van der Waals surface area contributed by atoms with Crippen LogP contribution >= 0.6 is 24.0 Å². The molecular formula is C15H16N2O6S2. The number of rotatable bonds is 1. The topological polar surface area (TPSA) is 122 Å². The van der Waals surface area contributed by atoms with Gasteiger partial charge in [0.2, 0.25) is 0 Å². The molecule has 8 nitrogen and oxygen atoms in total. The molecule has 3 N–H and O–H groups in total. The molecule has 0 aliphatic carbocycles. The highest BCUT2D eigenvalue weighted by Crippen LogP contribution is 2.22. The van der Waals surface area contributed by atoms with Crippen LogP contribution < -0.4 is 21.5 Å². The van der Waals surface area contributed by atoms with Crippen molar-refractivity contribution in [3.8, 4) is 5.75 Å². The van der Waals surface area contributed by atoms with E-state index in [2.05, 4.69) is 15.4 Å². The van der Waals surface area contributed by atoms with Gasteiger partial charge < -0.3 is 20.5 Å². The molecule has 1 amide bonds. The van der Waals surface area contributed by atoms with Crippen molar-refractivity contribution in [2.45, 2.75) is 13.8 Å². The van der Waals surface area contributed by atoms with Crippen LogP contribution in [0.2, 0.25) is 0 Å². The number of aromatic hydroxyl groups is 1. The molecule has 1 saturated heterocycles. The van der Waals surface area contributed by atoms with E-state index in [-0.39, 0.29) is 17.6 Å². The zero-order valence-corrected chi connectivity index (χ0v) is 15.3. The van der Waals surface area contributed by atoms with Gasteiger partial charge in [-0.1, -0.05) is 30.1 Å². The van der Waals surface area contributed by atoms with Crippen molar-refractivity contribution in [2.24, 2.45) is 0 Å². The van der Waals surface area contributed by atoms with Crippen LogP contribution in [0.3, 0.4) is 0 Å². The third-order valence-electron chi connectivity index (χ3n) is 2.85. The van der Waals surface area contributed by atoms with Crippen LogP contribution in [-0.4, -0.2) is 35.0 Å². The number of nitrogens with one attached hydrogen (secondary N) is 2. The number of cyclic esters (lactones) is 1. The maximum atomic E-state index is 10.7. The number of esters is 1. The van der Waals surface area contributed by atoms with Crippen molar-refractivity contribution in [3.05, 3.63) is 43.1 Å². The highest BCUT2D eigenvalue weighted by atomic mass is 32.2. The SMILES string of the molecule is C/C=C1\SC(=S)NC1=O.CC1=CC(=O)OC1.CNc1c(O)c(=O)c1=O. The van der Waals surface area contributed by atoms with Crippen LogP contribution in [0.4, 0.5) is 5.69 Å². The molecule has 2 aliphatic rings. The zero-order valence-electron chi connectivity index (χ0n) is 13.7. The Morgan fingerprint density at radius 3 is 2.16 bits per heavy atom. The summed E-state index contributed by atoms with van der Waals surface area (Å²) in [7, 11) is 1.47. The van der Waals surface area contributed by atoms with Crippen LogP contribution in [0.5, 0.6) is 5.75 Å². The average molecular weight is 384 g/mol. The van der Waals surface area contributed by atoms with Gasteiger partial charge in [0, 0.05) is 13.1 Å². The third-order valence-corrected chi connectivity index (χ3v) is 4.13. The molecule has 10 heteroatoms. The Morgan fingerprint density at radius 1 is 1.32 bits per heavy atom. The Morgan fingerprint density at radius 2 is 1.96 bits per heavy atom. The fourth-order valence-corrected chi connectivity index (χ4v) is 2.56. The lowest BCUT2D eigenvalue weighted by Gasteiger charge is -2.01. The molecule has 1 aromatic carbocycles. The number of amides is 1. The Balaban J connectivity index is 0.000000189. The second-order valence-electron chi connectivity index (χ2n) is 4.73. The number of carbonyl (C=O) groups is 2. The molecule has 0 spiro atoms. The zero-order chi connectivity index (χ0) is 19.1. The number of carbonyl (C=O) groups excluding carboxylic acids is 2. The summed E-state index contributed by atoms with van der Waals surface area (Å²) in [5.74, 6) is -0.743. The Bertz CT molecular complexity index is 834. The smallest absolute Gasteiger partial charge is 0.331 e. The van der Waals surface area contributed by atoms with E-state index in [4.69, 9.17) is 17.3 Å². The predicted molar refractivity (Wildman–Crippen MR) is 99.4 cm³/mol. The van der Waals surface area contributed by atoms with Crippen molar-refractivity contribution in [1.82, 2.24) is 5.32 Å². The van der Waals surface area contributed by atoms with E-state index < -0.39 is 16.6 Å². The van der Waals surface area contributed by atoms with Gasteiger partial charge in [-0.3, -0.25) is 14.4 Å². The molecule has 0 bridgehead atoms. The van der Waals surface area contributed by atoms with Crippen molar-refractivity contribution in [1.29, 1.82) is 0 Å². The largest absolute Gasteiger partial charge is 0.502 e. The minimum absolute atomic E-state index is 0.0139. The summed E-state index contributed by atoms with van der Waals surface area (Å²) in [5.41, 5.74) is -0.431. The summed E-state index contributed by atoms with van der Waals surface area (Å²) in [5, 5.41) is 13.5. The summed E-state index contributed by atoms with van der Waals surface area (Å²) in [4.78, 5) is 42.2. The number of thioether (sulfide) groups is 1. The van der Waals surface area contributed by atoms with Gasteiger partial charge in [0.25, 0.3) is 16.8 Å². The summed E-state index contributed by atoms with van der Waals surface area (Å²) in [6, 6.07) is 0. The minimum Gasteiger partial charge on any atom is -0.502 e. The third kappa shape index (κ3) is 5.54. The molecule has 0 unspecified atom stereocenters. The maximum absolute atomic E-state index is 10.7. The lowest BCUT2D eigenvalue weighted by molar-refractivity contribution is -0.134. The van der Waals surface area contributed by atoms with Gasteiger partial charge in [0.05, 0.1) is 4.91 Å². The van der Waals surface area contributed by atoms with Crippen molar-refractivity contribution >= 4 is 45.9 Å². The number of ether oxygens (including phenoxy) is 1. The molecule has 0 radical (unpaired) electrons. The maximum Gasteiger partial charge on any atom is 0.331 e. The quantitative estimate of drug-likeness (QED) is 0.276. The number of anilines is 1. The van der Waals surface area contributed by atoms with E-state index in [1.54, 1.807) is 6.08 Å². The summed E-state index contributed by atoms with van der Waals surface area (Å²) >= 11 is 6.04. The molecule has 0 saturated carbocycles. The van der Waals surface area contributed by atoms with Crippen LogP contribution in [0.15, 0.2) is 32.2 Å². The molecule has 1 aromatic rings. The van der Waals surface area contributed by atoms with E-state index >= 15 is 0 Å². The predicted octanol–water partition coefficient (Wildman–Crippen LogP) is 0.557. The number of allylic oxidation sites excluding steroid dienone is 1.